The van der Waals surface area contributed by atoms with Gasteiger partial charge in [0, 0.05) is 24.6 Å². The van der Waals surface area contributed by atoms with Gasteiger partial charge < -0.3 is 19.9 Å². The van der Waals surface area contributed by atoms with E-state index in [0.29, 0.717) is 5.69 Å². The Labute approximate surface area is 113 Å². The summed E-state index contributed by atoms with van der Waals surface area (Å²) < 4.78 is 17.3. The molecule has 1 saturated carbocycles. The summed E-state index contributed by atoms with van der Waals surface area (Å²) in [6.07, 6.45) is 5.71. The number of benzene rings is 1. The standard InChI is InChI=1S/C15H21NO3/c1-17-13-4-3-11(16)9-14(13)19-12-5-8-18-15(10-12)6-2-7-15/h3-4,9,12H,2,5-8,10,16H2,1H3. The van der Waals surface area contributed by atoms with Gasteiger partial charge in [-0.15, -0.1) is 0 Å². The Kier molecular flexibility index (Phi) is 3.27. The fourth-order valence-corrected chi connectivity index (χ4v) is 2.97. The van der Waals surface area contributed by atoms with Gasteiger partial charge in [-0.1, -0.05) is 0 Å². The van der Waals surface area contributed by atoms with E-state index in [-0.39, 0.29) is 11.7 Å². The molecule has 0 amide bonds. The largest absolute Gasteiger partial charge is 0.493 e. The highest BCUT2D eigenvalue weighted by Gasteiger charge is 2.43. The lowest BCUT2D eigenvalue weighted by Crippen LogP contribution is -2.48. The van der Waals surface area contributed by atoms with Crippen LogP contribution < -0.4 is 15.2 Å². The van der Waals surface area contributed by atoms with Gasteiger partial charge in [-0.05, 0) is 31.4 Å². The Morgan fingerprint density at radius 3 is 2.84 bits per heavy atom. The molecule has 1 aromatic carbocycles. The first kappa shape index (κ1) is 12.6. The fraction of sp³-hybridized carbons (Fsp3) is 0.600. The number of hydrogen-bond acceptors (Lipinski definition) is 4. The number of methoxy groups -OCH3 is 1. The number of anilines is 1. The molecule has 4 heteroatoms. The van der Waals surface area contributed by atoms with Gasteiger partial charge in [-0.25, -0.2) is 0 Å². The molecule has 1 aromatic rings. The molecule has 1 spiro atoms. The number of ether oxygens (including phenoxy) is 3. The first-order chi connectivity index (χ1) is 9.21. The normalized spacial score (nSPS) is 24.8. The van der Waals surface area contributed by atoms with E-state index < -0.39 is 0 Å². The quantitative estimate of drug-likeness (QED) is 0.852. The molecule has 19 heavy (non-hydrogen) atoms. The topological polar surface area (TPSA) is 53.7 Å². The molecule has 1 aliphatic heterocycles. The van der Waals surface area contributed by atoms with Crippen LogP contribution in [-0.2, 0) is 4.74 Å². The van der Waals surface area contributed by atoms with E-state index in [1.54, 1.807) is 7.11 Å². The van der Waals surface area contributed by atoms with Gasteiger partial charge in [-0.3, -0.25) is 0 Å². The zero-order valence-corrected chi connectivity index (χ0v) is 11.4. The van der Waals surface area contributed by atoms with Crippen molar-refractivity contribution in [2.24, 2.45) is 0 Å². The van der Waals surface area contributed by atoms with Crippen LogP contribution in [-0.4, -0.2) is 25.4 Å². The lowest BCUT2D eigenvalue weighted by Gasteiger charge is -2.46. The Hall–Kier alpha value is -1.42. The van der Waals surface area contributed by atoms with Gasteiger partial charge in [-0.2, -0.15) is 0 Å². The van der Waals surface area contributed by atoms with Gasteiger partial charge in [0.15, 0.2) is 11.5 Å². The van der Waals surface area contributed by atoms with E-state index in [1.165, 1.54) is 19.3 Å². The average molecular weight is 263 g/mol. The zero-order valence-electron chi connectivity index (χ0n) is 11.4. The third kappa shape index (κ3) is 2.50. The second kappa shape index (κ2) is 4.93. The Morgan fingerprint density at radius 1 is 1.32 bits per heavy atom. The summed E-state index contributed by atoms with van der Waals surface area (Å²) >= 11 is 0. The van der Waals surface area contributed by atoms with Gasteiger partial charge in [0.1, 0.15) is 6.10 Å². The van der Waals surface area contributed by atoms with Crippen LogP contribution in [0.3, 0.4) is 0 Å². The van der Waals surface area contributed by atoms with Crippen molar-refractivity contribution in [3.8, 4) is 11.5 Å². The molecule has 2 N–H and O–H groups in total. The molecule has 104 valence electrons. The maximum absolute atomic E-state index is 6.10. The highest BCUT2D eigenvalue weighted by molar-refractivity contribution is 5.52. The Balaban J connectivity index is 1.72. The van der Waals surface area contributed by atoms with Gasteiger partial charge in [0.2, 0.25) is 0 Å². The number of nitrogen functional groups attached to an aromatic ring is 1. The summed E-state index contributed by atoms with van der Waals surface area (Å²) in [5.74, 6) is 1.48. The SMILES string of the molecule is COc1ccc(N)cc1OC1CCOC2(CCC2)C1. The molecule has 0 aromatic heterocycles. The molecule has 4 nitrogen and oxygen atoms in total. The molecule has 1 aliphatic carbocycles. The monoisotopic (exact) mass is 263 g/mol. The van der Waals surface area contributed by atoms with E-state index in [1.807, 2.05) is 18.2 Å². The minimum Gasteiger partial charge on any atom is -0.493 e. The second-order valence-corrected chi connectivity index (χ2v) is 5.53. The van der Waals surface area contributed by atoms with E-state index >= 15 is 0 Å². The molecule has 1 heterocycles. The Bertz CT molecular complexity index is 457. The van der Waals surface area contributed by atoms with Crippen LogP contribution >= 0.6 is 0 Å². The smallest absolute Gasteiger partial charge is 0.163 e. The third-order valence-corrected chi connectivity index (χ3v) is 4.19. The summed E-state index contributed by atoms with van der Waals surface area (Å²) in [6.45, 7) is 0.787. The van der Waals surface area contributed by atoms with Crippen molar-refractivity contribution in [2.75, 3.05) is 19.5 Å². The Morgan fingerprint density at radius 2 is 2.16 bits per heavy atom. The van der Waals surface area contributed by atoms with Gasteiger partial charge >= 0.3 is 0 Å². The maximum atomic E-state index is 6.10. The van der Waals surface area contributed by atoms with E-state index in [0.717, 1.165) is 30.9 Å². The average Bonchev–Trinajstić information content (AvgIpc) is 2.37. The summed E-state index contributed by atoms with van der Waals surface area (Å²) in [5.41, 5.74) is 6.61. The van der Waals surface area contributed by atoms with Crippen molar-refractivity contribution >= 4 is 5.69 Å². The van der Waals surface area contributed by atoms with Crippen LogP contribution in [0.2, 0.25) is 0 Å². The summed E-state index contributed by atoms with van der Waals surface area (Å²) in [4.78, 5) is 0. The van der Waals surface area contributed by atoms with Gasteiger partial charge in [0.05, 0.1) is 19.3 Å². The lowest BCUT2D eigenvalue weighted by molar-refractivity contribution is -0.153. The first-order valence-corrected chi connectivity index (χ1v) is 6.95. The van der Waals surface area contributed by atoms with Gasteiger partial charge in [0.25, 0.3) is 0 Å². The van der Waals surface area contributed by atoms with Crippen LogP contribution in [0.4, 0.5) is 5.69 Å². The molecular weight excluding hydrogens is 242 g/mol. The van der Waals surface area contributed by atoms with E-state index in [9.17, 15) is 0 Å². The number of rotatable bonds is 3. The third-order valence-electron chi connectivity index (χ3n) is 4.19. The van der Waals surface area contributed by atoms with E-state index in [2.05, 4.69) is 0 Å². The summed E-state index contributed by atoms with van der Waals surface area (Å²) in [5, 5.41) is 0. The maximum Gasteiger partial charge on any atom is 0.163 e. The van der Waals surface area contributed by atoms with Crippen molar-refractivity contribution in [1.82, 2.24) is 0 Å². The van der Waals surface area contributed by atoms with Crippen LogP contribution in [0.5, 0.6) is 11.5 Å². The predicted molar refractivity (Wildman–Crippen MR) is 73.6 cm³/mol. The molecule has 3 rings (SSSR count). The van der Waals surface area contributed by atoms with Crippen LogP contribution in [0.15, 0.2) is 18.2 Å². The molecule has 2 aliphatic rings. The first-order valence-electron chi connectivity index (χ1n) is 6.95. The van der Waals surface area contributed by atoms with Crippen molar-refractivity contribution in [3.63, 3.8) is 0 Å². The van der Waals surface area contributed by atoms with Crippen molar-refractivity contribution in [2.45, 2.75) is 43.8 Å². The minimum absolute atomic E-state index is 0.0937. The molecule has 1 saturated heterocycles. The predicted octanol–water partition coefficient (Wildman–Crippen LogP) is 2.76. The van der Waals surface area contributed by atoms with Crippen molar-refractivity contribution in [3.05, 3.63) is 18.2 Å². The van der Waals surface area contributed by atoms with Crippen LogP contribution in [0, 0.1) is 0 Å². The zero-order chi connectivity index (χ0) is 13.3. The molecule has 1 atom stereocenters. The molecule has 1 unspecified atom stereocenters. The number of hydrogen-bond donors (Lipinski definition) is 1. The molecule has 2 fully saturated rings. The molecule has 0 bridgehead atoms. The van der Waals surface area contributed by atoms with Crippen molar-refractivity contribution < 1.29 is 14.2 Å². The fourth-order valence-electron chi connectivity index (χ4n) is 2.97. The highest BCUT2D eigenvalue weighted by Crippen LogP contribution is 2.43. The molecular formula is C15H21NO3. The van der Waals surface area contributed by atoms with Crippen LogP contribution in [0.25, 0.3) is 0 Å². The second-order valence-electron chi connectivity index (χ2n) is 5.53. The van der Waals surface area contributed by atoms with Crippen molar-refractivity contribution in [1.29, 1.82) is 0 Å². The highest BCUT2D eigenvalue weighted by atomic mass is 16.5. The van der Waals surface area contributed by atoms with Crippen LogP contribution in [0.1, 0.15) is 32.1 Å². The molecule has 0 radical (unpaired) electrons. The minimum atomic E-state index is 0.0937. The summed E-state index contributed by atoms with van der Waals surface area (Å²) in [6, 6.07) is 5.51. The number of nitrogens with two attached hydrogens (primary N) is 1. The lowest BCUT2D eigenvalue weighted by atomic mass is 9.74. The summed E-state index contributed by atoms with van der Waals surface area (Å²) in [7, 11) is 1.65. The van der Waals surface area contributed by atoms with E-state index in [4.69, 9.17) is 19.9 Å².